The normalized spacial score (nSPS) is 17.7. The van der Waals surface area contributed by atoms with Gasteiger partial charge in [-0.3, -0.25) is 9.48 Å². The van der Waals surface area contributed by atoms with Crippen LogP contribution in [-0.2, 0) is 29.0 Å². The first-order chi connectivity index (χ1) is 12.6. The zero-order valence-electron chi connectivity index (χ0n) is 15.5. The molecule has 142 valence electrons. The van der Waals surface area contributed by atoms with Gasteiger partial charge in [0, 0.05) is 32.4 Å². The largest absolute Gasteiger partial charge is 0.377 e. The summed E-state index contributed by atoms with van der Waals surface area (Å²) in [5.41, 5.74) is 1.56. The minimum atomic E-state index is -0.172. The molecule has 1 amide bonds. The van der Waals surface area contributed by atoms with Crippen molar-refractivity contribution in [3.8, 4) is 0 Å². The maximum atomic E-state index is 12.9. The standard InChI is InChI=1S/C17H25N5O4/c1-4-5-22-12(2)14(9-18-22)17(23)21-6-7-25-13(10-21)8-16-19-15(11-24-3)20-26-16/h9,13H,4-8,10-11H2,1-3H3/t13-/m0/s1. The molecule has 0 radical (unpaired) electrons. The molecular formula is C17H25N5O4. The predicted molar refractivity (Wildman–Crippen MR) is 91.6 cm³/mol. The van der Waals surface area contributed by atoms with Gasteiger partial charge < -0.3 is 18.9 Å². The highest BCUT2D eigenvalue weighted by atomic mass is 16.5. The van der Waals surface area contributed by atoms with Crippen molar-refractivity contribution in [3.63, 3.8) is 0 Å². The number of nitrogens with zero attached hydrogens (tertiary/aromatic N) is 5. The van der Waals surface area contributed by atoms with Crippen molar-refractivity contribution >= 4 is 5.91 Å². The molecule has 9 heteroatoms. The lowest BCUT2D eigenvalue weighted by molar-refractivity contribution is -0.0237. The lowest BCUT2D eigenvalue weighted by Gasteiger charge is -2.32. The van der Waals surface area contributed by atoms with Crippen LogP contribution >= 0.6 is 0 Å². The van der Waals surface area contributed by atoms with E-state index >= 15 is 0 Å². The lowest BCUT2D eigenvalue weighted by atomic mass is 10.1. The highest BCUT2D eigenvalue weighted by molar-refractivity contribution is 5.95. The maximum Gasteiger partial charge on any atom is 0.257 e. The predicted octanol–water partition coefficient (Wildman–Crippen LogP) is 1.21. The molecule has 3 heterocycles. The summed E-state index contributed by atoms with van der Waals surface area (Å²) in [6, 6.07) is 0. The second-order valence-corrected chi connectivity index (χ2v) is 6.35. The van der Waals surface area contributed by atoms with Crippen molar-refractivity contribution in [2.24, 2.45) is 0 Å². The molecule has 0 aromatic carbocycles. The highest BCUT2D eigenvalue weighted by Gasteiger charge is 2.28. The van der Waals surface area contributed by atoms with Crippen molar-refractivity contribution in [2.45, 2.75) is 45.9 Å². The van der Waals surface area contributed by atoms with Gasteiger partial charge in [0.05, 0.1) is 30.9 Å². The van der Waals surface area contributed by atoms with E-state index in [0.717, 1.165) is 18.7 Å². The number of amides is 1. The van der Waals surface area contributed by atoms with Crippen LogP contribution in [0.3, 0.4) is 0 Å². The third-order valence-corrected chi connectivity index (χ3v) is 4.38. The fourth-order valence-corrected chi connectivity index (χ4v) is 3.05. The first kappa shape index (κ1) is 18.5. The van der Waals surface area contributed by atoms with Crippen LogP contribution in [0.1, 0.15) is 41.1 Å². The monoisotopic (exact) mass is 363 g/mol. The van der Waals surface area contributed by atoms with Gasteiger partial charge in [-0.05, 0) is 13.3 Å². The smallest absolute Gasteiger partial charge is 0.257 e. The van der Waals surface area contributed by atoms with E-state index in [4.69, 9.17) is 14.0 Å². The summed E-state index contributed by atoms with van der Waals surface area (Å²) in [4.78, 5) is 18.9. The number of carbonyl (C=O) groups excluding carboxylic acids is 1. The Balaban J connectivity index is 1.63. The SMILES string of the molecule is CCCn1ncc(C(=O)N2CCO[C@@H](Cc3nc(COC)no3)C2)c1C. The van der Waals surface area contributed by atoms with Gasteiger partial charge in [-0.2, -0.15) is 10.1 Å². The van der Waals surface area contributed by atoms with Gasteiger partial charge in [0.15, 0.2) is 5.82 Å². The summed E-state index contributed by atoms with van der Waals surface area (Å²) in [6.45, 7) is 6.67. The Morgan fingerprint density at radius 1 is 1.46 bits per heavy atom. The van der Waals surface area contributed by atoms with Crippen LogP contribution < -0.4 is 0 Å². The molecule has 1 aliphatic rings. The number of morpholine rings is 1. The molecule has 1 aliphatic heterocycles. The summed E-state index contributed by atoms with van der Waals surface area (Å²) in [7, 11) is 1.58. The molecule has 0 N–H and O–H groups in total. The van der Waals surface area contributed by atoms with Gasteiger partial charge in [0.2, 0.25) is 5.89 Å². The third-order valence-electron chi connectivity index (χ3n) is 4.38. The fraction of sp³-hybridized carbons (Fsp3) is 0.647. The molecule has 9 nitrogen and oxygen atoms in total. The molecule has 1 atom stereocenters. The van der Waals surface area contributed by atoms with Gasteiger partial charge >= 0.3 is 0 Å². The molecule has 0 spiro atoms. The highest BCUT2D eigenvalue weighted by Crippen LogP contribution is 2.16. The Hall–Kier alpha value is -2.26. The van der Waals surface area contributed by atoms with Gasteiger partial charge in [-0.25, -0.2) is 0 Å². The van der Waals surface area contributed by atoms with Crippen molar-refractivity contribution in [1.29, 1.82) is 0 Å². The van der Waals surface area contributed by atoms with Gasteiger partial charge in [0.25, 0.3) is 5.91 Å². The van der Waals surface area contributed by atoms with Crippen LogP contribution in [0, 0.1) is 6.92 Å². The maximum absolute atomic E-state index is 12.9. The topological polar surface area (TPSA) is 95.5 Å². The molecule has 3 rings (SSSR count). The zero-order valence-corrected chi connectivity index (χ0v) is 15.5. The third kappa shape index (κ3) is 4.10. The fourth-order valence-electron chi connectivity index (χ4n) is 3.05. The van der Waals surface area contributed by atoms with Crippen LogP contribution in [0.4, 0.5) is 0 Å². The van der Waals surface area contributed by atoms with Crippen LogP contribution in [0.5, 0.6) is 0 Å². The number of aryl methyl sites for hydroxylation is 1. The number of methoxy groups -OCH3 is 1. The van der Waals surface area contributed by atoms with Crippen molar-refractivity contribution in [1.82, 2.24) is 24.8 Å². The molecule has 2 aromatic heterocycles. The summed E-state index contributed by atoms with van der Waals surface area (Å²) in [6.07, 6.45) is 2.93. The Labute approximate surface area is 152 Å². The van der Waals surface area contributed by atoms with E-state index in [2.05, 4.69) is 22.2 Å². The molecule has 0 bridgehead atoms. The van der Waals surface area contributed by atoms with Crippen LogP contribution in [0.25, 0.3) is 0 Å². The van der Waals surface area contributed by atoms with E-state index in [0.29, 0.717) is 50.0 Å². The van der Waals surface area contributed by atoms with Gasteiger partial charge in [-0.15, -0.1) is 0 Å². The summed E-state index contributed by atoms with van der Waals surface area (Å²) < 4.78 is 17.8. The molecule has 0 saturated carbocycles. The van der Waals surface area contributed by atoms with Gasteiger partial charge in [0.1, 0.15) is 6.61 Å². The summed E-state index contributed by atoms with van der Waals surface area (Å²) in [5, 5.41) is 8.17. The van der Waals surface area contributed by atoms with Crippen molar-refractivity contribution < 1.29 is 18.8 Å². The summed E-state index contributed by atoms with van der Waals surface area (Å²) >= 11 is 0. The molecule has 0 aliphatic carbocycles. The Kier molecular flexibility index (Phi) is 6.00. The Morgan fingerprint density at radius 2 is 2.31 bits per heavy atom. The Bertz CT molecular complexity index is 741. The van der Waals surface area contributed by atoms with E-state index in [9.17, 15) is 4.79 Å². The quantitative estimate of drug-likeness (QED) is 0.730. The lowest BCUT2D eigenvalue weighted by Crippen LogP contribution is -2.46. The number of carbonyl (C=O) groups is 1. The molecule has 26 heavy (non-hydrogen) atoms. The van der Waals surface area contributed by atoms with E-state index < -0.39 is 0 Å². The van der Waals surface area contributed by atoms with Crippen LogP contribution in [0.2, 0.25) is 0 Å². The Morgan fingerprint density at radius 3 is 3.08 bits per heavy atom. The molecule has 0 unspecified atom stereocenters. The average molecular weight is 363 g/mol. The first-order valence-corrected chi connectivity index (χ1v) is 8.86. The van der Waals surface area contributed by atoms with E-state index in [-0.39, 0.29) is 12.0 Å². The number of aromatic nitrogens is 4. The van der Waals surface area contributed by atoms with Crippen molar-refractivity contribution in [3.05, 3.63) is 29.2 Å². The summed E-state index contributed by atoms with van der Waals surface area (Å²) in [5.74, 6) is 0.984. The number of ether oxygens (including phenoxy) is 2. The first-order valence-electron chi connectivity index (χ1n) is 8.86. The zero-order chi connectivity index (χ0) is 18.5. The van der Waals surface area contributed by atoms with Crippen LogP contribution in [-0.4, -0.2) is 63.6 Å². The molecule has 1 saturated heterocycles. The number of rotatable bonds is 7. The van der Waals surface area contributed by atoms with Gasteiger partial charge in [-0.1, -0.05) is 12.1 Å². The van der Waals surface area contributed by atoms with Crippen LogP contribution in [0.15, 0.2) is 10.7 Å². The van der Waals surface area contributed by atoms with Crippen molar-refractivity contribution in [2.75, 3.05) is 26.8 Å². The minimum absolute atomic E-state index is 0.0104. The molecule has 2 aromatic rings. The number of hydrogen-bond acceptors (Lipinski definition) is 7. The van der Waals surface area contributed by atoms with E-state index in [1.165, 1.54) is 0 Å². The van der Waals surface area contributed by atoms with E-state index in [1.54, 1.807) is 18.2 Å². The number of hydrogen-bond donors (Lipinski definition) is 0. The second kappa shape index (κ2) is 8.41. The average Bonchev–Trinajstić information content (AvgIpc) is 3.22. The molecular weight excluding hydrogens is 338 g/mol. The second-order valence-electron chi connectivity index (χ2n) is 6.35. The minimum Gasteiger partial charge on any atom is -0.377 e. The molecule has 1 fully saturated rings. The van der Waals surface area contributed by atoms with E-state index in [1.807, 2.05) is 11.6 Å².